The van der Waals surface area contributed by atoms with Gasteiger partial charge in [-0.15, -0.1) is 0 Å². The van der Waals surface area contributed by atoms with Crippen LogP contribution in [0.5, 0.6) is 5.75 Å². The van der Waals surface area contributed by atoms with Crippen molar-refractivity contribution >= 4 is 22.5 Å². The predicted molar refractivity (Wildman–Crippen MR) is 89.8 cm³/mol. The molecule has 0 aliphatic carbocycles. The molecule has 0 saturated heterocycles. The maximum atomic E-state index is 5.83. The second-order valence-corrected chi connectivity index (χ2v) is 5.55. The second-order valence-electron chi connectivity index (χ2n) is 5.55. The van der Waals surface area contributed by atoms with Crippen LogP contribution >= 0.6 is 0 Å². The van der Waals surface area contributed by atoms with E-state index in [-0.39, 0.29) is 6.10 Å². The summed E-state index contributed by atoms with van der Waals surface area (Å²) < 4.78 is 5.83. The van der Waals surface area contributed by atoms with Gasteiger partial charge in [0, 0.05) is 17.3 Å². The lowest BCUT2D eigenvalue weighted by Crippen LogP contribution is -2.06. The van der Waals surface area contributed by atoms with Crippen LogP contribution in [0, 0.1) is 6.92 Å². The summed E-state index contributed by atoms with van der Waals surface area (Å²) in [6, 6.07) is 14.0. The molecular weight excluding hydrogens is 274 g/mol. The normalized spacial score (nSPS) is 10.9. The molecule has 0 fully saturated rings. The molecule has 0 aliphatic rings. The van der Waals surface area contributed by atoms with Gasteiger partial charge in [0.2, 0.25) is 5.95 Å². The van der Waals surface area contributed by atoms with E-state index in [0.29, 0.717) is 5.95 Å². The van der Waals surface area contributed by atoms with Crippen LogP contribution in [0.1, 0.15) is 19.4 Å². The highest BCUT2D eigenvalue weighted by Gasteiger charge is 2.07. The van der Waals surface area contributed by atoms with Crippen molar-refractivity contribution in [1.29, 1.82) is 0 Å². The molecule has 0 amide bonds. The van der Waals surface area contributed by atoms with Crippen molar-refractivity contribution in [2.75, 3.05) is 5.32 Å². The van der Waals surface area contributed by atoms with Gasteiger partial charge in [-0.25, -0.2) is 9.97 Å². The van der Waals surface area contributed by atoms with Gasteiger partial charge in [0.15, 0.2) is 0 Å². The highest BCUT2D eigenvalue weighted by atomic mass is 16.5. The minimum absolute atomic E-state index is 0.106. The summed E-state index contributed by atoms with van der Waals surface area (Å²) in [5.41, 5.74) is 3.01. The SMILES string of the molecule is Cc1ccc(Nc2ncc3cccc(OC(C)C)c3n2)cc1. The van der Waals surface area contributed by atoms with Crippen molar-refractivity contribution in [3.8, 4) is 5.75 Å². The van der Waals surface area contributed by atoms with Gasteiger partial charge < -0.3 is 10.1 Å². The number of aromatic nitrogens is 2. The van der Waals surface area contributed by atoms with Crippen molar-refractivity contribution in [3.05, 3.63) is 54.2 Å². The molecule has 2 aromatic carbocycles. The lowest BCUT2D eigenvalue weighted by Gasteiger charge is -2.12. The number of aryl methyl sites for hydroxylation is 1. The van der Waals surface area contributed by atoms with Crippen LogP contribution < -0.4 is 10.1 Å². The Morgan fingerprint density at radius 2 is 1.82 bits per heavy atom. The molecule has 0 atom stereocenters. The summed E-state index contributed by atoms with van der Waals surface area (Å²) >= 11 is 0. The largest absolute Gasteiger partial charge is 0.489 e. The van der Waals surface area contributed by atoms with Gasteiger partial charge in [-0.3, -0.25) is 0 Å². The van der Waals surface area contributed by atoms with E-state index < -0.39 is 0 Å². The third-order valence-corrected chi connectivity index (χ3v) is 3.24. The average molecular weight is 293 g/mol. The number of ether oxygens (including phenoxy) is 1. The maximum absolute atomic E-state index is 5.83. The fraction of sp³-hybridized carbons (Fsp3) is 0.222. The average Bonchev–Trinajstić information content (AvgIpc) is 2.50. The van der Waals surface area contributed by atoms with Gasteiger partial charge in [0.1, 0.15) is 11.3 Å². The van der Waals surface area contributed by atoms with Crippen LogP contribution in [-0.4, -0.2) is 16.1 Å². The Kier molecular flexibility index (Phi) is 3.92. The molecular formula is C18H19N3O. The molecule has 4 nitrogen and oxygen atoms in total. The summed E-state index contributed by atoms with van der Waals surface area (Å²) in [7, 11) is 0. The lowest BCUT2D eigenvalue weighted by molar-refractivity contribution is 0.245. The summed E-state index contributed by atoms with van der Waals surface area (Å²) in [4.78, 5) is 8.97. The van der Waals surface area contributed by atoms with E-state index in [2.05, 4.69) is 34.3 Å². The van der Waals surface area contributed by atoms with E-state index >= 15 is 0 Å². The van der Waals surface area contributed by atoms with Gasteiger partial charge in [-0.1, -0.05) is 29.8 Å². The van der Waals surface area contributed by atoms with Crippen LogP contribution in [0.3, 0.4) is 0 Å². The van der Waals surface area contributed by atoms with Crippen molar-refractivity contribution in [1.82, 2.24) is 9.97 Å². The summed E-state index contributed by atoms with van der Waals surface area (Å²) in [5.74, 6) is 1.35. The molecule has 0 aliphatic heterocycles. The molecule has 1 aromatic heterocycles. The molecule has 3 aromatic rings. The molecule has 0 unspecified atom stereocenters. The lowest BCUT2D eigenvalue weighted by atomic mass is 10.2. The molecule has 0 spiro atoms. The maximum Gasteiger partial charge on any atom is 0.227 e. The molecule has 0 saturated carbocycles. The Labute approximate surface area is 130 Å². The van der Waals surface area contributed by atoms with Gasteiger partial charge in [-0.05, 0) is 39.0 Å². The van der Waals surface area contributed by atoms with Gasteiger partial charge in [0.25, 0.3) is 0 Å². The van der Waals surface area contributed by atoms with Crippen molar-refractivity contribution in [2.45, 2.75) is 26.9 Å². The summed E-state index contributed by atoms with van der Waals surface area (Å²) in [5, 5.41) is 4.19. The highest BCUT2D eigenvalue weighted by molar-refractivity contribution is 5.84. The number of rotatable bonds is 4. The van der Waals surface area contributed by atoms with Crippen LogP contribution in [0.25, 0.3) is 10.9 Å². The topological polar surface area (TPSA) is 47.0 Å². The smallest absolute Gasteiger partial charge is 0.227 e. The first kappa shape index (κ1) is 14.3. The monoisotopic (exact) mass is 293 g/mol. The Balaban J connectivity index is 1.95. The molecule has 1 N–H and O–H groups in total. The van der Waals surface area contributed by atoms with Crippen LogP contribution in [-0.2, 0) is 0 Å². The van der Waals surface area contributed by atoms with Crippen molar-refractivity contribution < 1.29 is 4.74 Å². The van der Waals surface area contributed by atoms with Crippen molar-refractivity contribution in [3.63, 3.8) is 0 Å². The minimum atomic E-state index is 0.106. The fourth-order valence-electron chi connectivity index (χ4n) is 2.20. The number of nitrogens with zero attached hydrogens (tertiary/aromatic N) is 2. The molecule has 4 heteroatoms. The van der Waals surface area contributed by atoms with E-state index in [9.17, 15) is 0 Å². The number of anilines is 2. The van der Waals surface area contributed by atoms with E-state index in [1.54, 1.807) is 0 Å². The van der Waals surface area contributed by atoms with Crippen molar-refractivity contribution in [2.24, 2.45) is 0 Å². The third-order valence-electron chi connectivity index (χ3n) is 3.24. The number of nitrogens with one attached hydrogen (secondary N) is 1. The highest BCUT2D eigenvalue weighted by Crippen LogP contribution is 2.25. The zero-order chi connectivity index (χ0) is 15.5. The quantitative estimate of drug-likeness (QED) is 0.771. The van der Waals surface area contributed by atoms with Gasteiger partial charge in [-0.2, -0.15) is 0 Å². The third kappa shape index (κ3) is 3.17. The number of hydrogen-bond donors (Lipinski definition) is 1. The predicted octanol–water partition coefficient (Wildman–Crippen LogP) is 4.47. The number of para-hydroxylation sites is 1. The second kappa shape index (κ2) is 6.02. The first-order valence-electron chi connectivity index (χ1n) is 7.38. The Morgan fingerprint density at radius 1 is 1.05 bits per heavy atom. The van der Waals surface area contributed by atoms with Gasteiger partial charge in [0.05, 0.1) is 6.10 Å². The Morgan fingerprint density at radius 3 is 2.55 bits per heavy atom. The van der Waals surface area contributed by atoms with Crippen LogP contribution in [0.15, 0.2) is 48.7 Å². The number of hydrogen-bond acceptors (Lipinski definition) is 4. The number of fused-ring (bicyclic) bond motifs is 1. The van der Waals surface area contributed by atoms with E-state index in [4.69, 9.17) is 4.74 Å². The molecule has 1 heterocycles. The summed E-state index contributed by atoms with van der Waals surface area (Å²) in [6.07, 6.45) is 1.92. The van der Waals surface area contributed by atoms with Crippen LogP contribution in [0.4, 0.5) is 11.6 Å². The van der Waals surface area contributed by atoms with Crippen LogP contribution in [0.2, 0.25) is 0 Å². The molecule has 0 radical (unpaired) electrons. The summed E-state index contributed by atoms with van der Waals surface area (Å²) in [6.45, 7) is 6.07. The molecule has 0 bridgehead atoms. The minimum Gasteiger partial charge on any atom is -0.489 e. The van der Waals surface area contributed by atoms with Gasteiger partial charge >= 0.3 is 0 Å². The van der Waals surface area contributed by atoms with E-state index in [1.807, 2.05) is 50.4 Å². The zero-order valence-electron chi connectivity index (χ0n) is 13.0. The first-order valence-corrected chi connectivity index (χ1v) is 7.38. The van der Waals surface area contributed by atoms with E-state index in [1.165, 1.54) is 5.56 Å². The Hall–Kier alpha value is -2.62. The fourth-order valence-corrected chi connectivity index (χ4v) is 2.20. The zero-order valence-corrected chi connectivity index (χ0v) is 13.0. The standard InChI is InChI=1S/C18H19N3O/c1-12(2)22-16-6-4-5-14-11-19-18(21-17(14)16)20-15-9-7-13(3)8-10-15/h4-12H,1-3H3,(H,19,20,21). The molecule has 112 valence electrons. The Bertz CT molecular complexity index is 782. The first-order chi connectivity index (χ1) is 10.6. The van der Waals surface area contributed by atoms with E-state index in [0.717, 1.165) is 22.3 Å². The molecule has 3 rings (SSSR count). The number of benzene rings is 2. The molecule has 22 heavy (non-hydrogen) atoms.